The Bertz CT molecular complexity index is 1160. The number of unbranched alkanes of at least 4 members (excludes halogenated alkanes) is 1. The third-order valence-electron chi connectivity index (χ3n) is 10.4. The summed E-state index contributed by atoms with van der Waals surface area (Å²) in [7, 11) is 4.12. The zero-order chi connectivity index (χ0) is 34.3. The highest BCUT2D eigenvalue weighted by Crippen LogP contribution is 2.42. The normalized spacial score (nSPS) is 39.1. The molecule has 2 fully saturated rings. The molecule has 12 nitrogen and oxygen atoms in total. The van der Waals surface area contributed by atoms with Crippen molar-refractivity contribution in [3.8, 4) is 0 Å². The Morgan fingerprint density at radius 1 is 1.15 bits per heavy atom. The van der Waals surface area contributed by atoms with Gasteiger partial charge >= 0.3 is 12.1 Å². The summed E-state index contributed by atoms with van der Waals surface area (Å²) < 4.78 is 25.1. The molecule has 2 saturated heterocycles. The van der Waals surface area contributed by atoms with Crippen LogP contribution in [0.1, 0.15) is 93.9 Å². The maximum Gasteiger partial charge on any atom is 0.410 e. The molecule has 11 atom stereocenters. The Morgan fingerprint density at radius 2 is 1.85 bits per heavy atom. The number of nitrogens with zero attached hydrogens (tertiary/aromatic N) is 5. The molecular formula is C34H57N5O7. The van der Waals surface area contributed by atoms with Gasteiger partial charge in [0.25, 0.3) is 0 Å². The lowest BCUT2D eigenvalue weighted by molar-refractivity contribution is -0.246. The first-order chi connectivity index (χ1) is 21.7. The molecule has 3 aliphatic heterocycles. The van der Waals surface area contributed by atoms with Crippen LogP contribution in [0.4, 0.5) is 4.79 Å². The van der Waals surface area contributed by atoms with E-state index < -0.39 is 48.0 Å². The molecule has 260 valence electrons. The Hall–Kier alpha value is -2.66. The molecule has 0 radical (unpaired) electrons. The van der Waals surface area contributed by atoms with E-state index in [0.29, 0.717) is 38.8 Å². The van der Waals surface area contributed by atoms with Gasteiger partial charge in [-0.15, -0.1) is 0 Å². The van der Waals surface area contributed by atoms with Crippen LogP contribution in [0.3, 0.4) is 0 Å². The summed E-state index contributed by atoms with van der Waals surface area (Å²) in [4.78, 5) is 47.6. The van der Waals surface area contributed by atoms with E-state index in [4.69, 9.17) is 24.5 Å². The number of fused-ring (bicyclic) bond motifs is 1. The summed E-state index contributed by atoms with van der Waals surface area (Å²) in [6.45, 7) is 16.1. The van der Waals surface area contributed by atoms with Gasteiger partial charge in [-0.05, 0) is 97.3 Å². The van der Waals surface area contributed by atoms with Gasteiger partial charge in [-0.1, -0.05) is 38.9 Å². The summed E-state index contributed by atoms with van der Waals surface area (Å²) in [5.74, 6) is -2.52. The number of carbonyl (C=O) groups excluding carboxylic acids is 3. The fourth-order valence-electron chi connectivity index (χ4n) is 7.70. The molecule has 3 unspecified atom stereocenters. The van der Waals surface area contributed by atoms with E-state index in [1.165, 1.54) is 0 Å². The van der Waals surface area contributed by atoms with Crippen LogP contribution >= 0.6 is 0 Å². The number of hydrogen-bond acceptors (Lipinski definition) is 9. The van der Waals surface area contributed by atoms with Crippen LogP contribution in [-0.2, 0) is 28.5 Å². The molecule has 46 heavy (non-hydrogen) atoms. The molecule has 12 heteroatoms. The van der Waals surface area contributed by atoms with E-state index in [9.17, 15) is 14.4 Å². The maximum absolute atomic E-state index is 13.9. The number of Topliss-reactive ketones (excluding diaryl/α,β-unsaturated/α-hetero) is 1. The van der Waals surface area contributed by atoms with Gasteiger partial charge in [0.05, 0.1) is 18.2 Å². The molecule has 0 N–H and O–H groups in total. The van der Waals surface area contributed by atoms with E-state index in [0.717, 1.165) is 18.4 Å². The van der Waals surface area contributed by atoms with Crippen LogP contribution in [0.2, 0.25) is 0 Å². The number of esters is 1. The van der Waals surface area contributed by atoms with Crippen molar-refractivity contribution in [1.29, 1.82) is 0 Å². The summed E-state index contributed by atoms with van der Waals surface area (Å²) in [6, 6.07) is -0.109. The fourth-order valence-corrected chi connectivity index (χ4v) is 7.70. The average molecular weight is 648 g/mol. The van der Waals surface area contributed by atoms with Gasteiger partial charge in [0.15, 0.2) is 17.7 Å². The topological polar surface area (TPSA) is 143 Å². The van der Waals surface area contributed by atoms with Gasteiger partial charge in [0.2, 0.25) is 0 Å². The van der Waals surface area contributed by atoms with Crippen molar-refractivity contribution in [2.24, 2.45) is 28.8 Å². The minimum atomic E-state index is -1.11. The number of ether oxygens (including phenoxy) is 4. The van der Waals surface area contributed by atoms with Crippen molar-refractivity contribution in [3.05, 3.63) is 22.1 Å². The second-order valence-corrected chi connectivity index (χ2v) is 14.1. The van der Waals surface area contributed by atoms with Gasteiger partial charge < -0.3 is 28.7 Å². The fraction of sp³-hybridized carbons (Fsp3) is 0.853. The van der Waals surface area contributed by atoms with Crippen molar-refractivity contribution in [2.75, 3.05) is 27.2 Å². The second-order valence-electron chi connectivity index (χ2n) is 14.1. The molecule has 3 rings (SSSR count). The SMILES string of the molecule is CC[C@H]1OC(=O)[C@H](C)C(=O)[C@H](C)[C@@H](O[C@@H]2OC(C)CC(N(C)C)C2C)/C(C)=C/CC[C@H](C)[C@H]2N(CCCCN=[N+]=[N-])C(=O)O[C@]12C. The summed E-state index contributed by atoms with van der Waals surface area (Å²) in [5, 5.41) is 3.61. The first-order valence-corrected chi connectivity index (χ1v) is 17.1. The number of rotatable bonds is 9. The number of hydrogen-bond donors (Lipinski definition) is 0. The Labute approximate surface area is 275 Å². The smallest absolute Gasteiger partial charge is 0.410 e. The zero-order valence-corrected chi connectivity index (χ0v) is 29.6. The quantitative estimate of drug-likeness (QED) is 0.0541. The van der Waals surface area contributed by atoms with Crippen LogP contribution < -0.4 is 0 Å². The lowest BCUT2D eigenvalue weighted by Crippen LogP contribution is -2.56. The largest absolute Gasteiger partial charge is 0.458 e. The third kappa shape index (κ3) is 8.43. The number of cyclic esters (lactones) is 1. The Balaban J connectivity index is 1.97. The minimum Gasteiger partial charge on any atom is -0.458 e. The number of azide groups is 1. The van der Waals surface area contributed by atoms with Crippen molar-refractivity contribution in [3.63, 3.8) is 0 Å². The van der Waals surface area contributed by atoms with Crippen LogP contribution in [-0.4, -0.2) is 97.1 Å². The van der Waals surface area contributed by atoms with Gasteiger partial charge in [-0.3, -0.25) is 9.59 Å². The molecule has 0 bridgehead atoms. The molecule has 3 heterocycles. The molecule has 0 aliphatic carbocycles. The molecule has 0 spiro atoms. The summed E-state index contributed by atoms with van der Waals surface area (Å²) in [6.07, 6.45) is 3.82. The van der Waals surface area contributed by atoms with Crippen molar-refractivity contribution >= 4 is 17.8 Å². The Kier molecular flexibility index (Phi) is 13.5. The summed E-state index contributed by atoms with van der Waals surface area (Å²) in [5.41, 5.74) is 8.42. The molecule has 0 saturated carbocycles. The molecule has 0 aromatic carbocycles. The van der Waals surface area contributed by atoms with E-state index in [1.807, 2.05) is 34.6 Å². The molecule has 1 amide bonds. The molecular weight excluding hydrogens is 590 g/mol. The third-order valence-corrected chi connectivity index (χ3v) is 10.4. The predicted octanol–water partition coefficient (Wildman–Crippen LogP) is 6.28. The first kappa shape index (κ1) is 37.8. The summed E-state index contributed by atoms with van der Waals surface area (Å²) >= 11 is 0. The average Bonchev–Trinajstić information content (AvgIpc) is 3.27. The van der Waals surface area contributed by atoms with E-state index >= 15 is 0 Å². The van der Waals surface area contributed by atoms with Gasteiger partial charge in [0.1, 0.15) is 12.0 Å². The van der Waals surface area contributed by atoms with E-state index in [-0.39, 0.29) is 35.8 Å². The zero-order valence-electron chi connectivity index (χ0n) is 29.6. The van der Waals surface area contributed by atoms with Crippen LogP contribution in [0.15, 0.2) is 16.8 Å². The van der Waals surface area contributed by atoms with Crippen LogP contribution in [0, 0.1) is 23.7 Å². The number of amides is 1. The molecule has 3 aliphatic rings. The predicted molar refractivity (Wildman–Crippen MR) is 175 cm³/mol. The van der Waals surface area contributed by atoms with Crippen molar-refractivity contribution in [1.82, 2.24) is 9.80 Å². The van der Waals surface area contributed by atoms with Crippen molar-refractivity contribution in [2.45, 2.75) is 136 Å². The number of allylic oxidation sites excluding steroid dienone is 1. The van der Waals surface area contributed by atoms with E-state index in [2.05, 4.69) is 48.9 Å². The molecule has 0 aromatic heterocycles. The highest BCUT2D eigenvalue weighted by Gasteiger charge is 2.58. The Morgan fingerprint density at radius 3 is 2.48 bits per heavy atom. The lowest BCUT2D eigenvalue weighted by Gasteiger charge is -2.44. The minimum absolute atomic E-state index is 0.00389. The highest BCUT2D eigenvalue weighted by molar-refractivity contribution is 6.00. The van der Waals surface area contributed by atoms with Crippen LogP contribution in [0.5, 0.6) is 0 Å². The number of ketones is 1. The van der Waals surface area contributed by atoms with Gasteiger partial charge in [0, 0.05) is 35.9 Å². The van der Waals surface area contributed by atoms with Crippen molar-refractivity contribution < 1.29 is 33.3 Å². The molecule has 0 aromatic rings. The lowest BCUT2D eigenvalue weighted by atomic mass is 9.79. The highest BCUT2D eigenvalue weighted by atomic mass is 16.7. The van der Waals surface area contributed by atoms with Gasteiger partial charge in [-0.25, -0.2) is 4.79 Å². The van der Waals surface area contributed by atoms with E-state index in [1.54, 1.807) is 11.8 Å². The maximum atomic E-state index is 13.9. The second kappa shape index (κ2) is 16.4. The van der Waals surface area contributed by atoms with Crippen LogP contribution in [0.25, 0.3) is 10.4 Å². The first-order valence-electron chi connectivity index (χ1n) is 17.1. The monoisotopic (exact) mass is 647 g/mol. The van der Waals surface area contributed by atoms with Gasteiger partial charge in [-0.2, -0.15) is 0 Å². The number of carbonyl (C=O) groups is 3. The standard InChI is InChI=1S/C34H57N5O7/c1-11-27-34(8)30(39(33(42)46-34)18-13-12-17-36-37-35)21(3)16-14-15-20(2)29(24(6)28(40)25(7)31(41)44-27)45-32-23(5)26(38(9)10)19-22(4)43-32/h15,21-27,29-30,32H,11-14,16-19H2,1-10H3/b20-15+/t21-,22?,23?,24-,25+,26?,27+,29-,30+,32-,34+/m0/s1.